The van der Waals surface area contributed by atoms with Crippen LogP contribution in [-0.4, -0.2) is 10.2 Å². The minimum Gasteiger partial charge on any atom is -0.321 e. The quantitative estimate of drug-likeness (QED) is 0.850. The molecule has 1 aliphatic rings. The first kappa shape index (κ1) is 10.8. The standard InChI is InChI=1S/C14H19N3/c1-9(2)7-12-11-4-3-10(14(15)5-6-14)8-13(11)17-16-12/h3-4,8-9H,5-7,15H2,1-2H3,(H,16,17). The van der Waals surface area contributed by atoms with E-state index in [1.54, 1.807) is 0 Å². The zero-order chi connectivity index (χ0) is 12.0. The first-order chi connectivity index (χ1) is 8.08. The number of fused-ring (bicyclic) bond motifs is 1. The van der Waals surface area contributed by atoms with E-state index in [4.69, 9.17) is 5.73 Å². The van der Waals surface area contributed by atoms with Crippen molar-refractivity contribution < 1.29 is 0 Å². The van der Waals surface area contributed by atoms with Gasteiger partial charge < -0.3 is 5.73 Å². The van der Waals surface area contributed by atoms with Crippen molar-refractivity contribution in [3.8, 4) is 0 Å². The molecular weight excluding hydrogens is 210 g/mol. The molecule has 3 nitrogen and oxygen atoms in total. The van der Waals surface area contributed by atoms with E-state index in [1.807, 2.05) is 0 Å². The smallest absolute Gasteiger partial charge is 0.0927 e. The Morgan fingerprint density at radius 2 is 2.18 bits per heavy atom. The van der Waals surface area contributed by atoms with Gasteiger partial charge in [-0.05, 0) is 36.8 Å². The predicted octanol–water partition coefficient (Wildman–Crippen LogP) is 2.71. The van der Waals surface area contributed by atoms with Crippen LogP contribution in [0.5, 0.6) is 0 Å². The highest BCUT2D eigenvalue weighted by Crippen LogP contribution is 2.43. The van der Waals surface area contributed by atoms with Gasteiger partial charge in [0.1, 0.15) is 0 Å². The Morgan fingerprint density at radius 1 is 1.41 bits per heavy atom. The van der Waals surface area contributed by atoms with Gasteiger partial charge in [0.05, 0.1) is 5.52 Å². The summed E-state index contributed by atoms with van der Waals surface area (Å²) < 4.78 is 0. The Bertz CT molecular complexity index is 550. The summed E-state index contributed by atoms with van der Waals surface area (Å²) in [5, 5.41) is 8.79. The number of nitrogens with zero attached hydrogens (tertiary/aromatic N) is 1. The minimum absolute atomic E-state index is 0.0641. The summed E-state index contributed by atoms with van der Waals surface area (Å²) in [5.74, 6) is 0.641. The highest BCUT2D eigenvalue weighted by molar-refractivity contribution is 5.82. The third-order valence-electron chi connectivity index (χ3n) is 3.61. The average Bonchev–Trinajstić information content (AvgIpc) is 2.91. The minimum atomic E-state index is -0.0641. The number of hydrogen-bond acceptors (Lipinski definition) is 2. The zero-order valence-corrected chi connectivity index (χ0v) is 10.5. The van der Waals surface area contributed by atoms with E-state index >= 15 is 0 Å². The molecule has 0 unspecified atom stereocenters. The molecule has 2 aromatic rings. The molecule has 17 heavy (non-hydrogen) atoms. The molecule has 1 aliphatic carbocycles. The van der Waals surface area contributed by atoms with Crippen LogP contribution in [0.2, 0.25) is 0 Å². The summed E-state index contributed by atoms with van der Waals surface area (Å²) in [7, 11) is 0. The van der Waals surface area contributed by atoms with Gasteiger partial charge in [0.15, 0.2) is 0 Å². The van der Waals surface area contributed by atoms with Gasteiger partial charge in [0.2, 0.25) is 0 Å². The lowest BCUT2D eigenvalue weighted by Crippen LogP contribution is -2.18. The molecule has 3 heteroatoms. The van der Waals surface area contributed by atoms with E-state index < -0.39 is 0 Å². The maximum atomic E-state index is 6.21. The van der Waals surface area contributed by atoms with E-state index in [2.05, 4.69) is 42.2 Å². The molecule has 3 N–H and O–H groups in total. The fourth-order valence-corrected chi connectivity index (χ4v) is 2.36. The van der Waals surface area contributed by atoms with E-state index in [1.165, 1.54) is 16.6 Å². The molecule has 0 atom stereocenters. The summed E-state index contributed by atoms with van der Waals surface area (Å²) in [6.07, 6.45) is 3.24. The molecule has 0 amide bonds. The van der Waals surface area contributed by atoms with E-state index in [-0.39, 0.29) is 5.54 Å². The van der Waals surface area contributed by atoms with Crippen LogP contribution in [0.4, 0.5) is 0 Å². The van der Waals surface area contributed by atoms with Crippen LogP contribution in [-0.2, 0) is 12.0 Å². The van der Waals surface area contributed by atoms with Crippen molar-refractivity contribution >= 4 is 10.9 Å². The lowest BCUT2D eigenvalue weighted by Gasteiger charge is -2.08. The van der Waals surface area contributed by atoms with Crippen molar-refractivity contribution in [1.29, 1.82) is 0 Å². The van der Waals surface area contributed by atoms with Crippen LogP contribution in [0.3, 0.4) is 0 Å². The number of H-pyrrole nitrogens is 1. The molecule has 3 rings (SSSR count). The molecule has 0 radical (unpaired) electrons. The van der Waals surface area contributed by atoms with Crippen LogP contribution in [0.1, 0.15) is 37.9 Å². The first-order valence-corrected chi connectivity index (χ1v) is 6.35. The third kappa shape index (κ3) is 1.84. The van der Waals surface area contributed by atoms with Gasteiger partial charge in [0.25, 0.3) is 0 Å². The Balaban J connectivity index is 2.02. The highest BCUT2D eigenvalue weighted by Gasteiger charge is 2.40. The number of nitrogens with one attached hydrogen (secondary N) is 1. The normalized spacial score (nSPS) is 17.9. The van der Waals surface area contributed by atoms with Gasteiger partial charge in [-0.25, -0.2) is 0 Å². The molecule has 0 bridgehead atoms. The van der Waals surface area contributed by atoms with Crippen LogP contribution in [0.25, 0.3) is 10.9 Å². The molecule has 1 aromatic heterocycles. The number of hydrogen-bond donors (Lipinski definition) is 2. The van der Waals surface area contributed by atoms with E-state index in [0.29, 0.717) is 5.92 Å². The maximum absolute atomic E-state index is 6.21. The number of nitrogens with two attached hydrogens (primary N) is 1. The SMILES string of the molecule is CC(C)Cc1[nH]nc2cc(C3(N)CC3)ccc12. The van der Waals surface area contributed by atoms with Gasteiger partial charge in [0, 0.05) is 16.6 Å². The summed E-state index contributed by atoms with van der Waals surface area (Å²) in [6.45, 7) is 4.44. The largest absolute Gasteiger partial charge is 0.321 e. The Labute approximate surface area is 101 Å². The average molecular weight is 229 g/mol. The number of rotatable bonds is 3. The van der Waals surface area contributed by atoms with Gasteiger partial charge in [-0.15, -0.1) is 0 Å². The molecule has 0 aliphatic heterocycles. The molecule has 0 saturated heterocycles. The predicted molar refractivity (Wildman–Crippen MR) is 69.7 cm³/mol. The van der Waals surface area contributed by atoms with Crippen molar-refractivity contribution in [3.05, 3.63) is 29.5 Å². The van der Waals surface area contributed by atoms with Gasteiger partial charge >= 0.3 is 0 Å². The molecular formula is C14H19N3. The molecule has 0 spiro atoms. The summed E-state index contributed by atoms with van der Waals surface area (Å²) >= 11 is 0. The van der Waals surface area contributed by atoms with Crippen molar-refractivity contribution in [2.24, 2.45) is 11.7 Å². The topological polar surface area (TPSA) is 54.7 Å². The van der Waals surface area contributed by atoms with Gasteiger partial charge in [-0.1, -0.05) is 26.0 Å². The second-order valence-corrected chi connectivity index (χ2v) is 5.69. The Hall–Kier alpha value is -1.35. The van der Waals surface area contributed by atoms with Crippen LogP contribution in [0.15, 0.2) is 18.2 Å². The monoisotopic (exact) mass is 229 g/mol. The second-order valence-electron chi connectivity index (χ2n) is 5.69. The van der Waals surface area contributed by atoms with Crippen LogP contribution < -0.4 is 5.73 Å². The molecule has 1 fully saturated rings. The number of aromatic amines is 1. The number of benzene rings is 1. The van der Waals surface area contributed by atoms with Crippen molar-refractivity contribution in [3.63, 3.8) is 0 Å². The summed E-state index contributed by atoms with van der Waals surface area (Å²) in [6, 6.07) is 6.47. The maximum Gasteiger partial charge on any atom is 0.0927 e. The summed E-state index contributed by atoms with van der Waals surface area (Å²) in [5.41, 5.74) is 9.66. The van der Waals surface area contributed by atoms with Crippen molar-refractivity contribution in [2.45, 2.75) is 38.6 Å². The highest BCUT2D eigenvalue weighted by atomic mass is 15.1. The number of aromatic nitrogens is 2. The van der Waals surface area contributed by atoms with E-state index in [9.17, 15) is 0 Å². The lowest BCUT2D eigenvalue weighted by molar-refractivity contribution is 0.636. The fraction of sp³-hybridized carbons (Fsp3) is 0.500. The summed E-state index contributed by atoms with van der Waals surface area (Å²) in [4.78, 5) is 0. The van der Waals surface area contributed by atoms with Gasteiger partial charge in [-0.2, -0.15) is 5.10 Å². The van der Waals surface area contributed by atoms with Gasteiger partial charge in [-0.3, -0.25) is 5.10 Å². The third-order valence-corrected chi connectivity index (χ3v) is 3.61. The van der Waals surface area contributed by atoms with E-state index in [0.717, 1.165) is 24.8 Å². The molecule has 1 saturated carbocycles. The lowest BCUT2D eigenvalue weighted by atomic mass is 10.0. The van der Waals surface area contributed by atoms with Crippen molar-refractivity contribution in [1.82, 2.24) is 10.2 Å². The zero-order valence-electron chi connectivity index (χ0n) is 10.5. The first-order valence-electron chi connectivity index (χ1n) is 6.35. The molecule has 90 valence electrons. The second kappa shape index (κ2) is 3.57. The Morgan fingerprint density at radius 3 is 2.82 bits per heavy atom. The molecule has 1 aromatic carbocycles. The van der Waals surface area contributed by atoms with Crippen LogP contribution in [0, 0.1) is 5.92 Å². The Kier molecular flexibility index (Phi) is 2.26. The fourth-order valence-electron chi connectivity index (χ4n) is 2.36. The van der Waals surface area contributed by atoms with Crippen molar-refractivity contribution in [2.75, 3.05) is 0 Å². The molecule has 1 heterocycles. The van der Waals surface area contributed by atoms with Crippen LogP contribution >= 0.6 is 0 Å².